The summed E-state index contributed by atoms with van der Waals surface area (Å²) in [4.78, 5) is 14.1. The van der Waals surface area contributed by atoms with Gasteiger partial charge >= 0.3 is 6.09 Å². The molecule has 0 radical (unpaired) electrons. The molecule has 0 saturated carbocycles. The fourth-order valence-electron chi connectivity index (χ4n) is 2.95. The summed E-state index contributed by atoms with van der Waals surface area (Å²) in [7, 11) is 0. The predicted octanol–water partition coefficient (Wildman–Crippen LogP) is 4.75. The van der Waals surface area contributed by atoms with E-state index in [1.165, 1.54) is 5.56 Å². The van der Waals surface area contributed by atoms with E-state index < -0.39 is 0 Å². The summed E-state index contributed by atoms with van der Waals surface area (Å²) in [6.45, 7) is 1.85. The van der Waals surface area contributed by atoms with Gasteiger partial charge in [-0.3, -0.25) is 0 Å². The van der Waals surface area contributed by atoms with Crippen LogP contribution in [0.1, 0.15) is 24.0 Å². The zero-order valence-electron chi connectivity index (χ0n) is 13.8. The smallest absolute Gasteiger partial charge is 0.410 e. The molecule has 1 amide bonds. The Morgan fingerprint density at radius 1 is 1.08 bits per heavy atom. The minimum absolute atomic E-state index is 0.211. The van der Waals surface area contributed by atoms with Gasteiger partial charge in [0, 0.05) is 13.1 Å². The van der Waals surface area contributed by atoms with Crippen LogP contribution in [0.2, 0.25) is 0 Å². The molecular weight excluding hydrogens is 298 g/mol. The van der Waals surface area contributed by atoms with Gasteiger partial charge < -0.3 is 9.64 Å². The Hall–Kier alpha value is -2.55. The quantitative estimate of drug-likeness (QED) is 0.813. The Labute approximate surface area is 143 Å². The lowest BCUT2D eigenvalue weighted by atomic mass is 9.97. The number of carbonyl (C=O) groups is 1. The van der Waals surface area contributed by atoms with Gasteiger partial charge in [-0.05, 0) is 29.9 Å². The van der Waals surface area contributed by atoms with Crippen molar-refractivity contribution >= 4 is 12.2 Å². The molecule has 1 fully saturated rings. The standard InChI is InChI=1S/C21H23NO2/c23-21(24-17-20-10-5-2-6-11-20)22-15-7-12-19(16-22)14-13-18-8-3-1-4-9-18/h1-6,8-11,13-14,19H,7,12,15-17H2/b14-13+/t19-/m1/s1. The van der Waals surface area contributed by atoms with Crippen molar-refractivity contribution in [1.29, 1.82) is 0 Å². The first-order valence-corrected chi connectivity index (χ1v) is 8.50. The third kappa shape index (κ3) is 4.72. The van der Waals surface area contributed by atoms with Crippen LogP contribution in [0, 0.1) is 5.92 Å². The number of likely N-dealkylation sites (tertiary alicyclic amines) is 1. The van der Waals surface area contributed by atoms with E-state index in [4.69, 9.17) is 4.74 Å². The van der Waals surface area contributed by atoms with Crippen molar-refractivity contribution in [2.24, 2.45) is 5.92 Å². The van der Waals surface area contributed by atoms with Crippen molar-refractivity contribution in [2.75, 3.05) is 13.1 Å². The first kappa shape index (κ1) is 16.3. The molecule has 3 nitrogen and oxygen atoms in total. The second kappa shape index (κ2) is 8.34. The number of hydrogen-bond acceptors (Lipinski definition) is 2. The van der Waals surface area contributed by atoms with Crippen molar-refractivity contribution in [3.05, 3.63) is 77.9 Å². The molecule has 0 N–H and O–H groups in total. The average molecular weight is 321 g/mol. The topological polar surface area (TPSA) is 29.5 Å². The number of rotatable bonds is 4. The molecular formula is C21H23NO2. The molecule has 1 heterocycles. The van der Waals surface area contributed by atoms with Crippen molar-refractivity contribution in [2.45, 2.75) is 19.4 Å². The number of nitrogens with zero attached hydrogens (tertiary/aromatic N) is 1. The molecule has 2 aromatic rings. The number of benzene rings is 2. The van der Waals surface area contributed by atoms with Gasteiger partial charge in [0.15, 0.2) is 0 Å². The van der Waals surface area contributed by atoms with Crippen LogP contribution < -0.4 is 0 Å². The summed E-state index contributed by atoms with van der Waals surface area (Å²) in [6.07, 6.45) is 6.28. The van der Waals surface area contributed by atoms with Crippen LogP contribution in [-0.2, 0) is 11.3 Å². The number of piperidine rings is 1. The molecule has 124 valence electrons. The first-order valence-electron chi connectivity index (χ1n) is 8.50. The van der Waals surface area contributed by atoms with E-state index in [0.717, 1.165) is 31.5 Å². The van der Waals surface area contributed by atoms with E-state index in [1.807, 2.05) is 53.4 Å². The van der Waals surface area contributed by atoms with Gasteiger partial charge in [-0.25, -0.2) is 4.79 Å². The van der Waals surface area contributed by atoms with Gasteiger partial charge in [0.1, 0.15) is 6.61 Å². The Morgan fingerprint density at radius 3 is 2.54 bits per heavy atom. The normalized spacial score (nSPS) is 17.8. The van der Waals surface area contributed by atoms with E-state index in [2.05, 4.69) is 24.3 Å². The lowest BCUT2D eigenvalue weighted by molar-refractivity contribution is 0.0836. The SMILES string of the molecule is O=C(OCc1ccccc1)N1CCC[C@H](/C=C/c2ccccc2)C1. The Bertz CT molecular complexity index is 667. The van der Waals surface area contributed by atoms with Crippen LogP contribution in [0.3, 0.4) is 0 Å². The van der Waals surface area contributed by atoms with Crippen LogP contribution in [0.25, 0.3) is 6.08 Å². The third-order valence-corrected chi connectivity index (χ3v) is 4.28. The zero-order chi connectivity index (χ0) is 16.6. The lowest BCUT2D eigenvalue weighted by Crippen LogP contribution is -2.39. The summed E-state index contributed by atoms with van der Waals surface area (Å²) in [5.41, 5.74) is 2.21. The number of amides is 1. The highest BCUT2D eigenvalue weighted by Gasteiger charge is 2.23. The summed E-state index contributed by atoms with van der Waals surface area (Å²) < 4.78 is 5.44. The van der Waals surface area contributed by atoms with Crippen molar-refractivity contribution in [3.8, 4) is 0 Å². The fraction of sp³-hybridized carbons (Fsp3) is 0.286. The molecule has 0 aromatic heterocycles. The molecule has 1 atom stereocenters. The lowest BCUT2D eigenvalue weighted by Gasteiger charge is -2.30. The average Bonchev–Trinajstić information content (AvgIpc) is 2.66. The number of hydrogen-bond donors (Lipinski definition) is 0. The van der Waals surface area contributed by atoms with Gasteiger partial charge in [0.2, 0.25) is 0 Å². The van der Waals surface area contributed by atoms with Gasteiger partial charge in [0.05, 0.1) is 0 Å². The minimum Gasteiger partial charge on any atom is -0.445 e. The van der Waals surface area contributed by atoms with Gasteiger partial charge in [-0.2, -0.15) is 0 Å². The van der Waals surface area contributed by atoms with E-state index in [0.29, 0.717) is 12.5 Å². The van der Waals surface area contributed by atoms with Crippen LogP contribution in [-0.4, -0.2) is 24.1 Å². The summed E-state index contributed by atoms with van der Waals surface area (Å²) >= 11 is 0. The van der Waals surface area contributed by atoms with Gasteiger partial charge in [0.25, 0.3) is 0 Å². The highest BCUT2D eigenvalue weighted by atomic mass is 16.6. The minimum atomic E-state index is -0.211. The van der Waals surface area contributed by atoms with Gasteiger partial charge in [-0.15, -0.1) is 0 Å². The van der Waals surface area contributed by atoms with Crippen LogP contribution in [0.5, 0.6) is 0 Å². The molecule has 3 heteroatoms. The summed E-state index contributed by atoms with van der Waals surface area (Å²) in [5, 5.41) is 0. The van der Waals surface area contributed by atoms with Crippen molar-refractivity contribution < 1.29 is 9.53 Å². The molecule has 24 heavy (non-hydrogen) atoms. The Morgan fingerprint density at radius 2 is 1.79 bits per heavy atom. The molecule has 2 aromatic carbocycles. The molecule has 1 saturated heterocycles. The largest absolute Gasteiger partial charge is 0.445 e. The molecule has 0 unspecified atom stereocenters. The monoisotopic (exact) mass is 321 g/mol. The van der Waals surface area contributed by atoms with Crippen LogP contribution in [0.15, 0.2) is 66.7 Å². The highest BCUT2D eigenvalue weighted by molar-refractivity contribution is 5.67. The Balaban J connectivity index is 1.51. The maximum Gasteiger partial charge on any atom is 0.410 e. The van der Waals surface area contributed by atoms with Crippen molar-refractivity contribution in [3.63, 3.8) is 0 Å². The van der Waals surface area contributed by atoms with Crippen LogP contribution >= 0.6 is 0 Å². The number of carbonyl (C=O) groups excluding carboxylic acids is 1. The molecule has 1 aliphatic heterocycles. The van der Waals surface area contributed by atoms with E-state index in [-0.39, 0.29) is 6.09 Å². The second-order valence-electron chi connectivity index (χ2n) is 6.16. The van der Waals surface area contributed by atoms with Crippen molar-refractivity contribution in [1.82, 2.24) is 4.90 Å². The molecule has 1 aliphatic rings. The zero-order valence-corrected chi connectivity index (χ0v) is 13.8. The Kier molecular flexibility index (Phi) is 5.67. The highest BCUT2D eigenvalue weighted by Crippen LogP contribution is 2.20. The summed E-state index contributed by atoms with van der Waals surface area (Å²) in [5.74, 6) is 0.392. The molecule has 3 rings (SSSR count). The van der Waals surface area contributed by atoms with E-state index >= 15 is 0 Å². The number of ether oxygens (including phenoxy) is 1. The van der Waals surface area contributed by atoms with E-state index in [9.17, 15) is 4.79 Å². The van der Waals surface area contributed by atoms with E-state index in [1.54, 1.807) is 0 Å². The predicted molar refractivity (Wildman–Crippen MR) is 96.4 cm³/mol. The summed E-state index contributed by atoms with van der Waals surface area (Å²) in [6, 6.07) is 20.1. The first-order chi connectivity index (χ1) is 11.8. The molecule has 0 bridgehead atoms. The fourth-order valence-corrected chi connectivity index (χ4v) is 2.95. The molecule has 0 spiro atoms. The maximum atomic E-state index is 12.3. The third-order valence-electron chi connectivity index (χ3n) is 4.28. The molecule has 0 aliphatic carbocycles. The maximum absolute atomic E-state index is 12.3. The van der Waals surface area contributed by atoms with Gasteiger partial charge in [-0.1, -0.05) is 72.8 Å². The second-order valence-corrected chi connectivity index (χ2v) is 6.16. The van der Waals surface area contributed by atoms with Crippen LogP contribution in [0.4, 0.5) is 4.79 Å².